The second kappa shape index (κ2) is 6.61. The van der Waals surface area contributed by atoms with Gasteiger partial charge in [0, 0.05) is 0 Å². The first-order valence-electron chi connectivity index (χ1n) is 1.61. The van der Waals surface area contributed by atoms with Crippen LogP contribution < -0.4 is 11.0 Å². The van der Waals surface area contributed by atoms with E-state index >= 15 is 0 Å². The van der Waals surface area contributed by atoms with Crippen molar-refractivity contribution in [2.24, 2.45) is 0 Å². The Labute approximate surface area is 92.9 Å². The summed E-state index contributed by atoms with van der Waals surface area (Å²) in [7, 11) is 0. The van der Waals surface area contributed by atoms with Gasteiger partial charge >= 0.3 is 63.2 Å². The van der Waals surface area contributed by atoms with Gasteiger partial charge in [-0.05, 0) is 0 Å². The van der Waals surface area contributed by atoms with Crippen LogP contribution >= 0.6 is 0 Å². The standard InChI is InChI=1S/C2H4N2O4.K.H/c5-1(3-7)2(6)4-8;;/h7-8H,(H,3,5)(H,4,6);;. The number of hydroxylamine groups is 2. The van der Waals surface area contributed by atoms with Gasteiger partial charge in [-0.1, -0.05) is 0 Å². The fourth-order valence-electron chi connectivity index (χ4n) is 0.102. The summed E-state index contributed by atoms with van der Waals surface area (Å²) in [5, 5.41) is 15.3. The summed E-state index contributed by atoms with van der Waals surface area (Å²) >= 11 is 0. The van der Waals surface area contributed by atoms with Crippen LogP contribution in [0.2, 0.25) is 0 Å². The molecule has 0 atom stereocenters. The molecule has 6 nitrogen and oxygen atoms in total. The summed E-state index contributed by atoms with van der Waals surface area (Å²) < 4.78 is 0. The first-order valence-corrected chi connectivity index (χ1v) is 1.61. The molecule has 0 saturated carbocycles. The summed E-state index contributed by atoms with van der Waals surface area (Å²) in [6, 6.07) is 0. The molecule has 0 fully saturated rings. The Morgan fingerprint density at radius 2 is 1.22 bits per heavy atom. The molecule has 0 rings (SSSR count). The summed E-state index contributed by atoms with van der Waals surface area (Å²) in [5.74, 6) is -2.62. The first-order chi connectivity index (χ1) is 3.72. The number of carbonyl (C=O) groups excluding carboxylic acids is 2. The molecule has 7 heteroatoms. The molecule has 0 bridgehead atoms. The van der Waals surface area contributed by atoms with E-state index in [0.717, 1.165) is 11.0 Å². The van der Waals surface area contributed by atoms with Crippen molar-refractivity contribution in [3.05, 3.63) is 0 Å². The van der Waals surface area contributed by atoms with Crippen LogP contribution in [-0.2, 0) is 9.59 Å². The van der Waals surface area contributed by atoms with Crippen molar-refractivity contribution in [1.82, 2.24) is 11.0 Å². The molecule has 0 aromatic rings. The summed E-state index contributed by atoms with van der Waals surface area (Å²) in [4.78, 5) is 19.6. The van der Waals surface area contributed by atoms with Crippen LogP contribution in [0.25, 0.3) is 0 Å². The van der Waals surface area contributed by atoms with Crippen LogP contribution in [0.5, 0.6) is 0 Å². The van der Waals surface area contributed by atoms with Gasteiger partial charge in [-0.25, -0.2) is 11.0 Å². The molecule has 0 unspecified atom stereocenters. The molecule has 9 heavy (non-hydrogen) atoms. The number of carbonyl (C=O) groups is 2. The molecule has 0 aliphatic carbocycles. The van der Waals surface area contributed by atoms with Gasteiger partial charge < -0.3 is 0 Å². The Bertz CT molecular complexity index is 101. The van der Waals surface area contributed by atoms with Crippen LogP contribution in [0.4, 0.5) is 0 Å². The molecule has 0 heterocycles. The third-order valence-corrected chi connectivity index (χ3v) is 0.409. The topological polar surface area (TPSA) is 98.7 Å². The van der Waals surface area contributed by atoms with Gasteiger partial charge in [0.1, 0.15) is 0 Å². The van der Waals surface area contributed by atoms with Gasteiger partial charge in [0.25, 0.3) is 0 Å². The molecule has 0 spiro atoms. The van der Waals surface area contributed by atoms with Crippen molar-refractivity contribution >= 4 is 63.2 Å². The SMILES string of the molecule is O=C(NO)C(=O)NO.[KH]. The van der Waals surface area contributed by atoms with Crippen LogP contribution in [0.15, 0.2) is 0 Å². The summed E-state index contributed by atoms with van der Waals surface area (Å²) in [5.41, 5.74) is 2.01. The Balaban J connectivity index is 0. The molecule has 4 N–H and O–H groups in total. The minimum absolute atomic E-state index is 0. The monoisotopic (exact) mass is 160 g/mol. The Hall–Kier alpha value is 0.496. The zero-order valence-electron chi connectivity index (χ0n) is 3.71. The van der Waals surface area contributed by atoms with Gasteiger partial charge in [-0.2, -0.15) is 0 Å². The Kier molecular flexibility index (Phi) is 8.96. The molecule has 0 radical (unpaired) electrons. The first kappa shape index (κ1) is 12.2. The van der Waals surface area contributed by atoms with E-state index in [0.29, 0.717) is 0 Å². The number of nitrogens with one attached hydrogen (secondary N) is 2. The fourth-order valence-corrected chi connectivity index (χ4v) is 0.102. The summed E-state index contributed by atoms with van der Waals surface area (Å²) in [6.07, 6.45) is 0. The van der Waals surface area contributed by atoms with Crippen molar-refractivity contribution in [3.63, 3.8) is 0 Å². The number of amides is 2. The van der Waals surface area contributed by atoms with Gasteiger partial charge in [0.2, 0.25) is 0 Å². The average molecular weight is 160 g/mol. The van der Waals surface area contributed by atoms with Gasteiger partial charge in [-0.15, -0.1) is 0 Å². The normalized spacial score (nSPS) is 6.89. The second-order valence-electron chi connectivity index (χ2n) is 0.882. The molecule has 0 aromatic heterocycles. The minimum atomic E-state index is -1.31. The van der Waals surface area contributed by atoms with Gasteiger partial charge in [-0.3, -0.25) is 20.0 Å². The van der Waals surface area contributed by atoms with E-state index in [-0.39, 0.29) is 51.4 Å². The predicted molar refractivity (Wildman–Crippen MR) is 27.0 cm³/mol. The van der Waals surface area contributed by atoms with Crippen LogP contribution in [0.1, 0.15) is 0 Å². The Morgan fingerprint density at radius 1 is 1.00 bits per heavy atom. The zero-order chi connectivity index (χ0) is 6.57. The quantitative estimate of drug-likeness (QED) is 0.135. The zero-order valence-corrected chi connectivity index (χ0v) is 3.71. The molecule has 48 valence electrons. The molecule has 2 amide bonds. The van der Waals surface area contributed by atoms with E-state index in [2.05, 4.69) is 0 Å². The molecule has 0 aliphatic rings. The van der Waals surface area contributed by atoms with E-state index in [1.807, 2.05) is 0 Å². The van der Waals surface area contributed by atoms with Crippen molar-refractivity contribution in [3.8, 4) is 0 Å². The van der Waals surface area contributed by atoms with Crippen LogP contribution in [0.3, 0.4) is 0 Å². The van der Waals surface area contributed by atoms with Gasteiger partial charge in [0.05, 0.1) is 0 Å². The van der Waals surface area contributed by atoms with E-state index in [1.54, 1.807) is 0 Å². The third-order valence-electron chi connectivity index (χ3n) is 0.409. The van der Waals surface area contributed by atoms with Crippen molar-refractivity contribution < 1.29 is 20.0 Å². The van der Waals surface area contributed by atoms with Crippen molar-refractivity contribution in [2.75, 3.05) is 0 Å². The number of hydrogen-bond donors (Lipinski definition) is 4. The van der Waals surface area contributed by atoms with Crippen molar-refractivity contribution in [1.29, 1.82) is 0 Å². The van der Waals surface area contributed by atoms with E-state index in [9.17, 15) is 9.59 Å². The average Bonchev–Trinajstić information content (AvgIpc) is 1.84. The molecular weight excluding hydrogens is 155 g/mol. The fraction of sp³-hybridized carbons (Fsp3) is 0. The van der Waals surface area contributed by atoms with E-state index < -0.39 is 11.8 Å². The third kappa shape index (κ3) is 4.97. The maximum atomic E-state index is 9.81. The molecular formula is C2H5KN2O4. The van der Waals surface area contributed by atoms with Crippen LogP contribution in [0, 0.1) is 0 Å². The molecule has 0 aliphatic heterocycles. The maximum absolute atomic E-state index is 9.81. The Morgan fingerprint density at radius 3 is 1.33 bits per heavy atom. The van der Waals surface area contributed by atoms with Crippen LogP contribution in [-0.4, -0.2) is 73.6 Å². The van der Waals surface area contributed by atoms with Crippen molar-refractivity contribution in [2.45, 2.75) is 0 Å². The molecule has 0 saturated heterocycles. The van der Waals surface area contributed by atoms with E-state index in [4.69, 9.17) is 10.4 Å². The second-order valence-corrected chi connectivity index (χ2v) is 0.882. The molecule has 0 aromatic carbocycles. The van der Waals surface area contributed by atoms with E-state index in [1.165, 1.54) is 0 Å². The predicted octanol–water partition coefficient (Wildman–Crippen LogP) is -2.65. The van der Waals surface area contributed by atoms with Gasteiger partial charge in [0.15, 0.2) is 0 Å². The number of hydrogen-bond acceptors (Lipinski definition) is 4. The number of rotatable bonds is 0. The summed E-state index contributed by atoms with van der Waals surface area (Å²) in [6.45, 7) is 0.